The molecule has 1 atom stereocenters. The van der Waals surface area contributed by atoms with Crippen LogP contribution in [0.3, 0.4) is 0 Å². The number of amides is 2. The summed E-state index contributed by atoms with van der Waals surface area (Å²) in [5, 5.41) is 8.42. The number of carbonyl (C=O) groups excluding carboxylic acids is 2. The average Bonchev–Trinajstić information content (AvgIpc) is 3.02. The van der Waals surface area contributed by atoms with E-state index in [0.29, 0.717) is 6.42 Å². The van der Waals surface area contributed by atoms with Crippen LogP contribution in [-0.2, 0) is 32.3 Å². The second kappa shape index (κ2) is 7.07. The summed E-state index contributed by atoms with van der Waals surface area (Å²) >= 11 is 0. The van der Waals surface area contributed by atoms with E-state index in [4.69, 9.17) is 0 Å². The van der Waals surface area contributed by atoms with E-state index in [9.17, 15) is 18.0 Å². The molecule has 144 valence electrons. The SMILES string of the molecule is O=C(Nc1cccc2c1CCCC2)C1=NN([C@H]2CCS(=O)(=O)C2)C(=O)CC1. The first-order valence-corrected chi connectivity index (χ1v) is 11.3. The normalized spacial score (nSPS) is 24.3. The van der Waals surface area contributed by atoms with Gasteiger partial charge in [0, 0.05) is 18.5 Å². The zero-order valence-corrected chi connectivity index (χ0v) is 15.9. The second-order valence-electron chi connectivity index (χ2n) is 7.45. The molecule has 1 aromatic carbocycles. The number of aryl methyl sites for hydroxylation is 1. The molecule has 3 aliphatic rings. The van der Waals surface area contributed by atoms with Gasteiger partial charge >= 0.3 is 0 Å². The highest BCUT2D eigenvalue weighted by molar-refractivity contribution is 7.91. The van der Waals surface area contributed by atoms with Gasteiger partial charge in [0.25, 0.3) is 5.91 Å². The van der Waals surface area contributed by atoms with Gasteiger partial charge in [-0.3, -0.25) is 9.59 Å². The lowest BCUT2D eigenvalue weighted by atomic mass is 9.90. The molecule has 1 saturated heterocycles. The third-order valence-corrected chi connectivity index (χ3v) is 7.27. The summed E-state index contributed by atoms with van der Waals surface area (Å²) in [5.41, 5.74) is 3.56. The minimum Gasteiger partial charge on any atom is -0.321 e. The van der Waals surface area contributed by atoms with Gasteiger partial charge in [-0.05, 0) is 49.3 Å². The molecule has 0 radical (unpaired) electrons. The van der Waals surface area contributed by atoms with E-state index in [1.54, 1.807) is 0 Å². The highest BCUT2D eigenvalue weighted by atomic mass is 32.2. The molecular formula is C19H23N3O4S. The maximum absolute atomic E-state index is 12.7. The maximum Gasteiger partial charge on any atom is 0.271 e. The predicted molar refractivity (Wildman–Crippen MR) is 102 cm³/mol. The van der Waals surface area contributed by atoms with Crippen molar-refractivity contribution in [3.8, 4) is 0 Å². The van der Waals surface area contributed by atoms with E-state index < -0.39 is 15.9 Å². The van der Waals surface area contributed by atoms with Crippen molar-refractivity contribution in [2.75, 3.05) is 16.8 Å². The summed E-state index contributed by atoms with van der Waals surface area (Å²) < 4.78 is 23.4. The smallest absolute Gasteiger partial charge is 0.271 e. The number of nitrogens with one attached hydrogen (secondary N) is 1. The lowest BCUT2D eigenvalue weighted by Crippen LogP contribution is -2.42. The van der Waals surface area contributed by atoms with Crippen molar-refractivity contribution in [2.45, 2.75) is 51.0 Å². The minimum atomic E-state index is -3.13. The first-order chi connectivity index (χ1) is 12.9. The summed E-state index contributed by atoms with van der Waals surface area (Å²) in [7, 11) is -3.13. The number of carbonyl (C=O) groups is 2. The van der Waals surface area contributed by atoms with E-state index >= 15 is 0 Å². The number of hydrogen-bond acceptors (Lipinski definition) is 5. The zero-order valence-electron chi connectivity index (χ0n) is 15.1. The molecule has 1 N–H and O–H groups in total. The molecule has 0 saturated carbocycles. The second-order valence-corrected chi connectivity index (χ2v) is 9.68. The number of rotatable bonds is 3. The predicted octanol–water partition coefficient (Wildman–Crippen LogP) is 1.67. The van der Waals surface area contributed by atoms with Gasteiger partial charge in [0.1, 0.15) is 5.71 Å². The van der Waals surface area contributed by atoms with Crippen LogP contribution in [0.15, 0.2) is 23.3 Å². The third-order valence-electron chi connectivity index (χ3n) is 5.52. The zero-order chi connectivity index (χ0) is 19.0. The molecule has 0 aromatic heterocycles. The highest BCUT2D eigenvalue weighted by Gasteiger charge is 2.37. The number of hydrazone groups is 1. The van der Waals surface area contributed by atoms with Crippen molar-refractivity contribution in [3.63, 3.8) is 0 Å². The Labute approximate surface area is 158 Å². The molecule has 0 spiro atoms. The third kappa shape index (κ3) is 3.76. The number of benzene rings is 1. The quantitative estimate of drug-likeness (QED) is 0.850. The Morgan fingerprint density at radius 3 is 2.74 bits per heavy atom. The van der Waals surface area contributed by atoms with Crippen LogP contribution >= 0.6 is 0 Å². The van der Waals surface area contributed by atoms with Gasteiger partial charge in [0.15, 0.2) is 9.84 Å². The summed E-state index contributed by atoms with van der Waals surface area (Å²) in [4.78, 5) is 25.0. The molecule has 1 aromatic rings. The molecule has 2 heterocycles. The Kier molecular flexibility index (Phi) is 4.75. The van der Waals surface area contributed by atoms with Crippen LogP contribution in [0.1, 0.15) is 43.2 Å². The average molecular weight is 389 g/mol. The molecule has 1 fully saturated rings. The molecule has 8 heteroatoms. The largest absolute Gasteiger partial charge is 0.321 e. The van der Waals surface area contributed by atoms with Crippen LogP contribution in [-0.4, -0.2) is 48.5 Å². The number of fused-ring (bicyclic) bond motifs is 1. The number of sulfone groups is 1. The molecule has 0 unspecified atom stereocenters. The molecule has 7 nitrogen and oxygen atoms in total. The van der Waals surface area contributed by atoms with Crippen LogP contribution < -0.4 is 5.32 Å². The van der Waals surface area contributed by atoms with Crippen molar-refractivity contribution in [1.29, 1.82) is 0 Å². The molecule has 1 aliphatic carbocycles. The maximum atomic E-state index is 12.7. The monoisotopic (exact) mass is 389 g/mol. The van der Waals surface area contributed by atoms with Crippen molar-refractivity contribution in [3.05, 3.63) is 29.3 Å². The van der Waals surface area contributed by atoms with Gasteiger partial charge in [0.2, 0.25) is 5.91 Å². The Morgan fingerprint density at radius 2 is 1.96 bits per heavy atom. The lowest BCUT2D eigenvalue weighted by Gasteiger charge is -2.27. The van der Waals surface area contributed by atoms with E-state index in [-0.39, 0.29) is 41.9 Å². The van der Waals surface area contributed by atoms with Crippen LogP contribution in [0.2, 0.25) is 0 Å². The fourth-order valence-corrected chi connectivity index (χ4v) is 5.77. The molecule has 0 bridgehead atoms. The summed E-state index contributed by atoms with van der Waals surface area (Å²) in [6, 6.07) is 5.48. The van der Waals surface area contributed by atoms with E-state index in [0.717, 1.165) is 24.9 Å². The van der Waals surface area contributed by atoms with Crippen LogP contribution in [0.4, 0.5) is 5.69 Å². The standard InChI is InChI=1S/C19H23N3O4S/c23-18-9-8-17(21-22(18)14-10-11-27(25,26)12-14)19(24)20-16-7-3-5-13-4-1-2-6-15(13)16/h3,5,7,14H,1-2,4,6,8-12H2,(H,20,24)/t14-/m0/s1. The summed E-state index contributed by atoms with van der Waals surface area (Å²) in [6.07, 6.45) is 5.07. The first kappa shape index (κ1) is 18.2. The van der Waals surface area contributed by atoms with Gasteiger partial charge in [-0.2, -0.15) is 5.10 Å². The fraction of sp³-hybridized carbons (Fsp3) is 0.526. The Hall–Kier alpha value is -2.22. The van der Waals surface area contributed by atoms with Crippen LogP contribution in [0.25, 0.3) is 0 Å². The molecule has 4 rings (SSSR count). The molecule has 2 amide bonds. The van der Waals surface area contributed by atoms with Gasteiger partial charge < -0.3 is 5.32 Å². The van der Waals surface area contributed by atoms with Gasteiger partial charge in [0.05, 0.1) is 17.5 Å². The number of nitrogens with zero attached hydrogens (tertiary/aromatic N) is 2. The molecule has 27 heavy (non-hydrogen) atoms. The molecule has 2 aliphatic heterocycles. The minimum absolute atomic E-state index is 0.0641. The summed E-state index contributed by atoms with van der Waals surface area (Å²) in [5.74, 6) is -0.545. The van der Waals surface area contributed by atoms with Gasteiger partial charge in [-0.15, -0.1) is 0 Å². The van der Waals surface area contributed by atoms with Crippen LogP contribution in [0, 0.1) is 0 Å². The van der Waals surface area contributed by atoms with E-state index in [1.807, 2.05) is 12.1 Å². The van der Waals surface area contributed by atoms with Crippen molar-refractivity contribution in [2.24, 2.45) is 5.10 Å². The van der Waals surface area contributed by atoms with Gasteiger partial charge in [-0.1, -0.05) is 12.1 Å². The lowest BCUT2D eigenvalue weighted by molar-refractivity contribution is -0.133. The fourth-order valence-electron chi connectivity index (χ4n) is 4.08. The Balaban J connectivity index is 1.53. The van der Waals surface area contributed by atoms with Crippen LogP contribution in [0.5, 0.6) is 0 Å². The summed E-state index contributed by atoms with van der Waals surface area (Å²) in [6.45, 7) is 0. The van der Waals surface area contributed by atoms with Crippen molar-refractivity contribution in [1.82, 2.24) is 5.01 Å². The number of anilines is 1. The van der Waals surface area contributed by atoms with Crippen molar-refractivity contribution < 1.29 is 18.0 Å². The molecular weight excluding hydrogens is 366 g/mol. The highest BCUT2D eigenvalue weighted by Crippen LogP contribution is 2.28. The van der Waals surface area contributed by atoms with Gasteiger partial charge in [-0.25, -0.2) is 13.4 Å². The number of hydrogen-bond donors (Lipinski definition) is 1. The van der Waals surface area contributed by atoms with Crippen molar-refractivity contribution >= 4 is 33.1 Å². The Bertz CT molecular complexity index is 923. The van der Waals surface area contributed by atoms with E-state index in [2.05, 4.69) is 16.5 Å². The Morgan fingerprint density at radius 1 is 1.15 bits per heavy atom. The topological polar surface area (TPSA) is 95.9 Å². The first-order valence-electron chi connectivity index (χ1n) is 9.45. The van der Waals surface area contributed by atoms with E-state index in [1.165, 1.54) is 22.6 Å².